The fourth-order valence-corrected chi connectivity index (χ4v) is 1.75. The molecule has 0 aliphatic heterocycles. The molecule has 3 N–H and O–H groups in total. The molecular weight excluding hydrogens is 330 g/mol. The highest BCUT2D eigenvalue weighted by Gasteiger charge is 2.11. The van der Waals surface area contributed by atoms with Crippen molar-refractivity contribution in [1.82, 2.24) is 14.9 Å². The van der Waals surface area contributed by atoms with Crippen molar-refractivity contribution in [3.63, 3.8) is 0 Å². The van der Waals surface area contributed by atoms with E-state index < -0.39 is 4.92 Å². The van der Waals surface area contributed by atoms with Crippen molar-refractivity contribution in [2.24, 2.45) is 5.10 Å². The Morgan fingerprint density at radius 3 is 2.90 bits per heavy atom. The Hall–Kier alpha value is -2.49. The number of nitro groups is 1. The van der Waals surface area contributed by atoms with Crippen LogP contribution >= 0.6 is 15.9 Å². The largest absolute Gasteiger partial charge is 0.335 e. The van der Waals surface area contributed by atoms with Gasteiger partial charge in [0.1, 0.15) is 0 Å². The number of rotatable bonds is 4. The third kappa shape index (κ3) is 2.91. The molecule has 0 atom stereocenters. The molecule has 104 valence electrons. The number of nitro benzene ring substituents is 1. The van der Waals surface area contributed by atoms with Gasteiger partial charge in [-0.1, -0.05) is 6.07 Å². The van der Waals surface area contributed by atoms with Crippen LogP contribution in [0.5, 0.6) is 0 Å². The van der Waals surface area contributed by atoms with Crippen LogP contribution in [-0.2, 0) is 0 Å². The monoisotopic (exact) mass is 339 g/mol. The van der Waals surface area contributed by atoms with Crippen molar-refractivity contribution < 1.29 is 4.92 Å². The number of aryl methyl sites for hydroxylation is 1. The minimum atomic E-state index is -0.477. The van der Waals surface area contributed by atoms with E-state index in [9.17, 15) is 10.1 Å². The molecule has 0 bridgehead atoms. The van der Waals surface area contributed by atoms with Gasteiger partial charge in [-0.3, -0.25) is 10.1 Å². The number of nitrogens with zero attached hydrogens (tertiary/aromatic N) is 5. The van der Waals surface area contributed by atoms with Gasteiger partial charge < -0.3 is 5.84 Å². The minimum Gasteiger partial charge on any atom is -0.335 e. The van der Waals surface area contributed by atoms with Crippen LogP contribution in [0.25, 0.3) is 0 Å². The van der Waals surface area contributed by atoms with E-state index in [1.165, 1.54) is 17.0 Å². The lowest BCUT2D eigenvalue weighted by atomic mass is 10.2. The molecule has 0 aliphatic rings. The van der Waals surface area contributed by atoms with E-state index in [0.29, 0.717) is 15.9 Å². The first kappa shape index (κ1) is 13.9. The smallest absolute Gasteiger partial charge is 0.284 e. The summed E-state index contributed by atoms with van der Waals surface area (Å²) < 4.78 is 1.64. The quantitative estimate of drug-likeness (QED) is 0.375. The van der Waals surface area contributed by atoms with Gasteiger partial charge in [-0.25, -0.2) is 10.1 Å². The van der Waals surface area contributed by atoms with Crippen LogP contribution < -0.4 is 11.3 Å². The Labute approximate surface area is 121 Å². The van der Waals surface area contributed by atoms with E-state index in [0.717, 1.165) is 0 Å². The second-order valence-corrected chi connectivity index (χ2v) is 4.63. The lowest BCUT2D eigenvalue weighted by Gasteiger charge is -2.00. The van der Waals surface area contributed by atoms with Gasteiger partial charge in [-0.2, -0.15) is 5.10 Å². The fraction of sp³-hybridized carbons (Fsp3) is 0.100. The van der Waals surface area contributed by atoms with Gasteiger partial charge >= 0.3 is 0 Å². The van der Waals surface area contributed by atoms with Crippen molar-refractivity contribution in [2.75, 3.05) is 11.3 Å². The van der Waals surface area contributed by atoms with Gasteiger partial charge in [0.05, 0.1) is 15.6 Å². The summed E-state index contributed by atoms with van der Waals surface area (Å²) in [7, 11) is 0. The molecule has 2 rings (SSSR count). The molecule has 0 amide bonds. The van der Waals surface area contributed by atoms with Crippen LogP contribution in [0, 0.1) is 17.0 Å². The average molecular weight is 340 g/mol. The van der Waals surface area contributed by atoms with Crippen LogP contribution in [-0.4, -0.2) is 26.0 Å². The van der Waals surface area contributed by atoms with E-state index in [2.05, 4.69) is 36.7 Å². The summed E-state index contributed by atoms with van der Waals surface area (Å²) in [6.07, 6.45) is 1.42. The molecule has 0 radical (unpaired) electrons. The van der Waals surface area contributed by atoms with Crippen molar-refractivity contribution in [2.45, 2.75) is 6.92 Å². The Morgan fingerprint density at radius 1 is 1.55 bits per heavy atom. The molecule has 20 heavy (non-hydrogen) atoms. The predicted molar refractivity (Wildman–Crippen MR) is 76.9 cm³/mol. The molecule has 0 saturated carbocycles. The summed E-state index contributed by atoms with van der Waals surface area (Å²) in [6.45, 7) is 1.69. The molecule has 0 saturated heterocycles. The van der Waals surface area contributed by atoms with E-state index in [4.69, 9.17) is 5.84 Å². The van der Waals surface area contributed by atoms with Gasteiger partial charge in [0.15, 0.2) is 5.82 Å². The molecule has 0 aliphatic carbocycles. The lowest BCUT2D eigenvalue weighted by molar-refractivity contribution is -0.385. The first-order valence-corrected chi connectivity index (χ1v) is 6.18. The van der Waals surface area contributed by atoms with E-state index in [1.807, 2.05) is 0 Å². The first-order chi connectivity index (χ1) is 9.49. The molecule has 0 unspecified atom stereocenters. The predicted octanol–water partition coefficient (Wildman–Crippen LogP) is 1.42. The van der Waals surface area contributed by atoms with E-state index in [1.54, 1.807) is 19.1 Å². The number of benzene rings is 1. The van der Waals surface area contributed by atoms with Crippen LogP contribution in [0.2, 0.25) is 0 Å². The first-order valence-electron chi connectivity index (χ1n) is 5.39. The number of hydrogen-bond donors (Lipinski definition) is 2. The van der Waals surface area contributed by atoms with Crippen LogP contribution in [0.3, 0.4) is 0 Å². The number of nitrogen functional groups attached to an aromatic ring is 1. The number of aromatic nitrogens is 3. The zero-order chi connectivity index (χ0) is 14.7. The van der Waals surface area contributed by atoms with E-state index in [-0.39, 0.29) is 11.6 Å². The minimum absolute atomic E-state index is 0.0354. The number of anilines is 1. The normalized spacial score (nSPS) is 10.9. The molecule has 10 heteroatoms. The highest BCUT2D eigenvalue weighted by atomic mass is 79.9. The Kier molecular flexibility index (Phi) is 3.94. The molecule has 1 aromatic heterocycles. The summed E-state index contributed by atoms with van der Waals surface area (Å²) in [6, 6.07) is 4.66. The highest BCUT2D eigenvalue weighted by Crippen LogP contribution is 2.24. The number of nitrogens with one attached hydrogen (secondary N) is 1. The second-order valence-electron chi connectivity index (χ2n) is 3.78. The molecule has 1 heterocycles. The Balaban J connectivity index is 2.14. The third-order valence-corrected chi connectivity index (χ3v) is 3.08. The van der Waals surface area contributed by atoms with Crippen molar-refractivity contribution in [3.05, 3.63) is 44.2 Å². The Morgan fingerprint density at radius 2 is 2.30 bits per heavy atom. The maximum Gasteiger partial charge on any atom is 0.284 e. The third-order valence-electron chi connectivity index (χ3n) is 2.41. The molecule has 9 nitrogen and oxygen atoms in total. The van der Waals surface area contributed by atoms with Gasteiger partial charge in [0.25, 0.3) is 11.6 Å². The van der Waals surface area contributed by atoms with Gasteiger partial charge in [0, 0.05) is 11.6 Å². The average Bonchev–Trinajstić information content (AvgIpc) is 2.72. The number of nitrogens with two attached hydrogens (primary N) is 1. The maximum atomic E-state index is 10.8. The van der Waals surface area contributed by atoms with E-state index >= 15 is 0 Å². The zero-order valence-corrected chi connectivity index (χ0v) is 11.9. The van der Waals surface area contributed by atoms with Gasteiger partial charge in [0.2, 0.25) is 0 Å². The second kappa shape index (κ2) is 5.65. The standard InChI is InChI=1S/C10H10BrN7O2/c1-6-14-16-10(17(6)12)15-13-5-7-2-3-8(11)9(4-7)18(19)20/h2-5H,12H2,1H3,(H,15,16)/b13-5-. The van der Waals surface area contributed by atoms with Crippen molar-refractivity contribution >= 4 is 33.8 Å². The van der Waals surface area contributed by atoms with Crippen LogP contribution in [0.4, 0.5) is 11.6 Å². The summed E-state index contributed by atoms with van der Waals surface area (Å²) in [5.74, 6) is 6.42. The van der Waals surface area contributed by atoms with Crippen LogP contribution in [0.1, 0.15) is 11.4 Å². The van der Waals surface area contributed by atoms with Crippen molar-refractivity contribution in [1.29, 1.82) is 0 Å². The van der Waals surface area contributed by atoms with Gasteiger partial charge in [-0.15, -0.1) is 10.2 Å². The molecule has 0 spiro atoms. The number of halogens is 1. The highest BCUT2D eigenvalue weighted by molar-refractivity contribution is 9.10. The van der Waals surface area contributed by atoms with Crippen molar-refractivity contribution in [3.8, 4) is 0 Å². The summed E-state index contributed by atoms with van der Waals surface area (Å²) >= 11 is 3.11. The zero-order valence-electron chi connectivity index (χ0n) is 10.3. The topological polar surface area (TPSA) is 124 Å². The summed E-state index contributed by atoms with van der Waals surface area (Å²) in [5.41, 5.74) is 3.12. The molecular formula is C10H10BrN7O2. The molecule has 2 aromatic rings. The van der Waals surface area contributed by atoms with Crippen LogP contribution in [0.15, 0.2) is 27.8 Å². The summed E-state index contributed by atoms with van der Waals surface area (Å²) in [5, 5.41) is 22.2. The number of hydrogen-bond acceptors (Lipinski definition) is 7. The Bertz CT molecular complexity index is 682. The fourth-order valence-electron chi connectivity index (χ4n) is 1.36. The summed E-state index contributed by atoms with van der Waals surface area (Å²) in [4.78, 5) is 10.3. The maximum absolute atomic E-state index is 10.8. The van der Waals surface area contributed by atoms with Gasteiger partial charge in [-0.05, 0) is 28.9 Å². The number of hydrazone groups is 1. The molecule has 1 aromatic carbocycles. The molecule has 0 fully saturated rings. The SMILES string of the molecule is Cc1nnc(N/N=C\c2ccc(Br)c([N+](=O)[O-])c2)n1N. The lowest BCUT2D eigenvalue weighted by Crippen LogP contribution is -2.13.